The Morgan fingerprint density at radius 3 is 2.57 bits per heavy atom. The maximum atomic E-state index is 13.0. The molecule has 2 heterocycles. The number of hydrogen-bond acceptors (Lipinski definition) is 7. The predicted octanol–water partition coefficient (Wildman–Crippen LogP) is 5.97. The Balaban J connectivity index is 1.53. The summed E-state index contributed by atoms with van der Waals surface area (Å²) >= 11 is 6.18. The SMILES string of the molecule is Cc1ccc2c(NS(=O)(=O)Cc3ccccc3Cl)cccc2c1Oc1ncccc1-c1ccnc(N)n1. The topological polar surface area (TPSA) is 120 Å². The number of benzene rings is 3. The summed E-state index contributed by atoms with van der Waals surface area (Å²) in [6.07, 6.45) is 3.19. The number of nitrogens with zero attached hydrogens (tertiary/aromatic N) is 3. The molecule has 0 aliphatic carbocycles. The van der Waals surface area contributed by atoms with Crippen LogP contribution in [0.1, 0.15) is 11.1 Å². The van der Waals surface area contributed by atoms with Gasteiger partial charge in [0.25, 0.3) is 0 Å². The second kappa shape index (κ2) is 10.0. The van der Waals surface area contributed by atoms with Gasteiger partial charge in [-0.15, -0.1) is 0 Å². The first-order valence-corrected chi connectivity index (χ1v) is 13.3. The number of sulfonamides is 1. The van der Waals surface area contributed by atoms with Gasteiger partial charge in [0, 0.05) is 28.2 Å². The molecule has 0 bridgehead atoms. The van der Waals surface area contributed by atoms with Crippen LogP contribution in [0.3, 0.4) is 0 Å². The molecular formula is C27H22ClN5O3S. The van der Waals surface area contributed by atoms with Crippen molar-refractivity contribution in [1.82, 2.24) is 15.0 Å². The van der Waals surface area contributed by atoms with Crippen molar-refractivity contribution in [1.29, 1.82) is 0 Å². The Kier molecular flexibility index (Phi) is 6.64. The van der Waals surface area contributed by atoms with Crippen LogP contribution in [0.15, 0.2) is 85.2 Å². The molecule has 37 heavy (non-hydrogen) atoms. The van der Waals surface area contributed by atoms with Gasteiger partial charge in [-0.2, -0.15) is 0 Å². The van der Waals surface area contributed by atoms with Crippen molar-refractivity contribution in [3.05, 3.63) is 101 Å². The van der Waals surface area contributed by atoms with Crippen LogP contribution in [-0.2, 0) is 15.8 Å². The van der Waals surface area contributed by atoms with Gasteiger partial charge < -0.3 is 10.5 Å². The highest BCUT2D eigenvalue weighted by Crippen LogP contribution is 2.38. The minimum Gasteiger partial charge on any atom is -0.437 e. The minimum atomic E-state index is -3.74. The molecule has 3 N–H and O–H groups in total. The van der Waals surface area contributed by atoms with E-state index in [0.29, 0.717) is 44.5 Å². The van der Waals surface area contributed by atoms with Crippen LogP contribution in [0.4, 0.5) is 11.6 Å². The average Bonchev–Trinajstić information content (AvgIpc) is 2.87. The van der Waals surface area contributed by atoms with Gasteiger partial charge in [-0.25, -0.2) is 23.4 Å². The van der Waals surface area contributed by atoms with Gasteiger partial charge in [-0.05, 0) is 48.4 Å². The molecule has 0 atom stereocenters. The van der Waals surface area contributed by atoms with Crippen molar-refractivity contribution in [2.45, 2.75) is 12.7 Å². The number of ether oxygens (including phenoxy) is 1. The molecule has 0 saturated heterocycles. The number of hydrogen-bond donors (Lipinski definition) is 2. The van der Waals surface area contributed by atoms with Gasteiger partial charge in [-0.3, -0.25) is 4.72 Å². The first kappa shape index (κ1) is 24.5. The highest BCUT2D eigenvalue weighted by atomic mass is 35.5. The molecule has 2 aromatic heterocycles. The molecule has 186 valence electrons. The molecule has 0 saturated carbocycles. The van der Waals surface area contributed by atoms with Crippen LogP contribution in [0.5, 0.6) is 11.6 Å². The van der Waals surface area contributed by atoms with Gasteiger partial charge in [0.2, 0.25) is 21.9 Å². The summed E-state index contributed by atoms with van der Waals surface area (Å²) in [5, 5.41) is 1.79. The third-order valence-corrected chi connectivity index (χ3v) is 7.29. The average molecular weight is 532 g/mol. The standard InChI is InChI=1S/C27H22ClN5O3S/c1-17-11-12-19-20(7-4-10-24(19)33-37(34,35)16-18-6-2-3-9-22(18)28)25(17)36-26-21(8-5-14-30-26)23-13-15-31-27(29)32-23/h2-15,33H,16H2,1H3,(H2,29,31,32). The van der Waals surface area contributed by atoms with Crippen molar-refractivity contribution in [2.75, 3.05) is 10.5 Å². The zero-order valence-corrected chi connectivity index (χ0v) is 21.3. The Morgan fingerprint density at radius 2 is 1.76 bits per heavy atom. The van der Waals surface area contributed by atoms with Crippen molar-refractivity contribution >= 4 is 44.0 Å². The molecule has 5 rings (SSSR count). The summed E-state index contributed by atoms with van der Waals surface area (Å²) in [5.74, 6) is 0.771. The number of halogens is 1. The largest absolute Gasteiger partial charge is 0.437 e. The number of anilines is 2. The molecular weight excluding hydrogens is 510 g/mol. The lowest BCUT2D eigenvalue weighted by molar-refractivity contribution is 0.466. The molecule has 8 nitrogen and oxygen atoms in total. The van der Waals surface area contributed by atoms with Gasteiger partial charge >= 0.3 is 0 Å². The zero-order chi connectivity index (χ0) is 26.0. The molecule has 0 unspecified atom stereocenters. The van der Waals surface area contributed by atoms with Crippen LogP contribution < -0.4 is 15.2 Å². The highest BCUT2D eigenvalue weighted by molar-refractivity contribution is 7.92. The van der Waals surface area contributed by atoms with Crippen molar-refractivity contribution in [2.24, 2.45) is 0 Å². The summed E-state index contributed by atoms with van der Waals surface area (Å²) in [4.78, 5) is 12.6. The maximum absolute atomic E-state index is 13.0. The Morgan fingerprint density at radius 1 is 0.919 bits per heavy atom. The van der Waals surface area contributed by atoms with Gasteiger partial charge in [0.1, 0.15) is 5.75 Å². The lowest BCUT2D eigenvalue weighted by Crippen LogP contribution is -2.15. The summed E-state index contributed by atoms with van der Waals surface area (Å²) in [7, 11) is -3.74. The van der Waals surface area contributed by atoms with Gasteiger partial charge in [0.15, 0.2) is 0 Å². The lowest BCUT2D eigenvalue weighted by atomic mass is 10.0. The molecule has 0 radical (unpaired) electrons. The number of fused-ring (bicyclic) bond motifs is 1. The van der Waals surface area contributed by atoms with E-state index in [-0.39, 0.29) is 11.7 Å². The van der Waals surface area contributed by atoms with Crippen molar-refractivity contribution in [3.8, 4) is 22.9 Å². The van der Waals surface area contributed by atoms with Crippen LogP contribution in [0.2, 0.25) is 5.02 Å². The number of nitrogens with two attached hydrogens (primary N) is 1. The number of aryl methyl sites for hydroxylation is 1. The summed E-state index contributed by atoms with van der Waals surface area (Å²) in [6, 6.07) is 21.3. The van der Waals surface area contributed by atoms with E-state index in [4.69, 9.17) is 22.1 Å². The van der Waals surface area contributed by atoms with E-state index in [1.807, 2.05) is 31.2 Å². The van der Waals surface area contributed by atoms with Gasteiger partial charge in [-0.1, -0.05) is 54.1 Å². The van der Waals surface area contributed by atoms with E-state index in [0.717, 1.165) is 10.9 Å². The van der Waals surface area contributed by atoms with E-state index in [9.17, 15) is 8.42 Å². The smallest absolute Gasteiger partial charge is 0.236 e. The molecule has 0 amide bonds. The van der Waals surface area contributed by atoms with Crippen LogP contribution in [0.25, 0.3) is 22.0 Å². The molecule has 0 aliphatic rings. The normalized spacial score (nSPS) is 11.4. The Labute approximate surface area is 219 Å². The fourth-order valence-corrected chi connectivity index (χ4v) is 5.50. The highest BCUT2D eigenvalue weighted by Gasteiger charge is 2.18. The van der Waals surface area contributed by atoms with Crippen molar-refractivity contribution < 1.29 is 13.2 Å². The van der Waals surface area contributed by atoms with Crippen LogP contribution in [0, 0.1) is 6.92 Å². The number of aromatic nitrogens is 3. The first-order chi connectivity index (χ1) is 17.8. The molecule has 3 aromatic carbocycles. The van der Waals surface area contributed by atoms with Gasteiger partial charge in [0.05, 0.1) is 22.7 Å². The number of pyridine rings is 1. The number of nitrogens with one attached hydrogen (secondary N) is 1. The molecule has 0 fully saturated rings. The second-order valence-corrected chi connectivity index (χ2v) is 10.5. The van der Waals surface area contributed by atoms with Crippen LogP contribution >= 0.6 is 11.6 Å². The summed E-state index contributed by atoms with van der Waals surface area (Å²) < 4.78 is 35.0. The van der Waals surface area contributed by atoms with E-state index < -0.39 is 10.0 Å². The Bertz CT molecular complexity index is 1730. The first-order valence-electron chi connectivity index (χ1n) is 11.3. The number of rotatable bonds is 7. The predicted molar refractivity (Wildman–Crippen MR) is 146 cm³/mol. The quantitative estimate of drug-likeness (QED) is 0.265. The van der Waals surface area contributed by atoms with E-state index >= 15 is 0 Å². The Hall–Kier alpha value is -4.21. The second-order valence-electron chi connectivity index (χ2n) is 8.32. The van der Waals surface area contributed by atoms with E-state index in [2.05, 4.69) is 19.7 Å². The third kappa shape index (κ3) is 5.32. The van der Waals surface area contributed by atoms with Crippen molar-refractivity contribution in [3.63, 3.8) is 0 Å². The molecule has 0 spiro atoms. The minimum absolute atomic E-state index is 0.141. The zero-order valence-electron chi connectivity index (χ0n) is 19.7. The fraction of sp³-hybridized carbons (Fsp3) is 0.0741. The fourth-order valence-electron chi connectivity index (χ4n) is 3.98. The molecule has 0 aliphatic heterocycles. The molecule has 10 heteroatoms. The van der Waals surface area contributed by atoms with E-state index in [1.54, 1.807) is 60.9 Å². The summed E-state index contributed by atoms with van der Waals surface area (Å²) in [5.41, 5.74) is 8.79. The lowest BCUT2D eigenvalue weighted by Gasteiger charge is -2.16. The number of nitrogen functional groups attached to an aromatic ring is 1. The van der Waals surface area contributed by atoms with E-state index in [1.165, 1.54) is 0 Å². The maximum Gasteiger partial charge on any atom is 0.236 e. The molecule has 5 aromatic rings. The third-order valence-electron chi connectivity index (χ3n) is 5.70. The van der Waals surface area contributed by atoms with Crippen LogP contribution in [-0.4, -0.2) is 23.4 Å². The monoisotopic (exact) mass is 531 g/mol. The summed E-state index contributed by atoms with van der Waals surface area (Å²) in [6.45, 7) is 1.91.